The SMILES string of the molecule is c1ccc2c(-c3ccc(-c4ccc(-c5ccc(N(c6cccc7c6sc6ccccc67)c6cccc7c6sc6ccccc67)cc5)cc4)cc3)cccc2c1. The van der Waals surface area contributed by atoms with Gasteiger partial charge in [0.25, 0.3) is 0 Å². The molecule has 3 heteroatoms. The van der Waals surface area contributed by atoms with Crippen molar-refractivity contribution in [3.05, 3.63) is 200 Å². The third-order valence-electron chi connectivity index (χ3n) is 10.9. The summed E-state index contributed by atoms with van der Waals surface area (Å²) in [6, 6.07) is 73.3. The Labute approximate surface area is 327 Å². The second-order valence-corrected chi connectivity index (χ2v) is 16.2. The van der Waals surface area contributed by atoms with Crippen LogP contribution in [0.5, 0.6) is 0 Å². The van der Waals surface area contributed by atoms with Crippen LogP contribution in [-0.2, 0) is 0 Å². The molecule has 0 fully saturated rings. The first kappa shape index (κ1) is 32.0. The molecular weight excluding hydrogens is 703 g/mol. The summed E-state index contributed by atoms with van der Waals surface area (Å²) in [7, 11) is 0. The molecule has 0 unspecified atom stereocenters. The molecule has 0 aliphatic rings. The molecule has 1 nitrogen and oxygen atoms in total. The molecule has 0 spiro atoms. The van der Waals surface area contributed by atoms with Gasteiger partial charge in [0.05, 0.1) is 20.8 Å². The zero-order valence-corrected chi connectivity index (χ0v) is 31.4. The van der Waals surface area contributed by atoms with E-state index in [-0.39, 0.29) is 0 Å². The third-order valence-corrected chi connectivity index (χ3v) is 13.3. The zero-order valence-electron chi connectivity index (χ0n) is 29.8. The Morgan fingerprint density at radius 3 is 1.24 bits per heavy atom. The number of hydrogen-bond donors (Lipinski definition) is 0. The van der Waals surface area contributed by atoms with Gasteiger partial charge < -0.3 is 4.90 Å². The van der Waals surface area contributed by atoms with Crippen molar-refractivity contribution in [2.24, 2.45) is 0 Å². The molecule has 0 N–H and O–H groups in total. The van der Waals surface area contributed by atoms with Gasteiger partial charge in [-0.25, -0.2) is 0 Å². The standard InChI is InChI=1S/C52H33NS2/c1-2-12-41-38(10-1)11-7-15-42(41)39-28-26-36(27-29-39)34-22-24-35(25-23-34)37-30-32-40(33-31-37)53(47-18-8-16-45-43-13-3-5-20-49(43)54-51(45)47)48-19-9-17-46-44-14-4-6-21-50(44)55-52(46)48/h1-33H. The van der Waals surface area contributed by atoms with Gasteiger partial charge in [-0.05, 0) is 80.6 Å². The highest BCUT2D eigenvalue weighted by atomic mass is 32.1. The van der Waals surface area contributed by atoms with Gasteiger partial charge in [0.15, 0.2) is 0 Å². The minimum absolute atomic E-state index is 1.14. The summed E-state index contributed by atoms with van der Waals surface area (Å²) in [6.07, 6.45) is 0. The Morgan fingerprint density at radius 1 is 0.291 bits per heavy atom. The molecule has 55 heavy (non-hydrogen) atoms. The largest absolute Gasteiger partial charge is 0.308 e. The number of thiophene rings is 2. The van der Waals surface area contributed by atoms with Crippen LogP contribution < -0.4 is 4.90 Å². The minimum atomic E-state index is 1.14. The van der Waals surface area contributed by atoms with Crippen LogP contribution in [0, 0.1) is 0 Å². The first-order valence-electron chi connectivity index (χ1n) is 18.7. The van der Waals surface area contributed by atoms with Crippen molar-refractivity contribution in [1.29, 1.82) is 0 Å². The van der Waals surface area contributed by atoms with Gasteiger partial charge in [-0.1, -0.05) is 164 Å². The molecule has 0 aliphatic heterocycles. The van der Waals surface area contributed by atoms with Crippen LogP contribution in [0.15, 0.2) is 200 Å². The quantitative estimate of drug-likeness (QED) is 0.164. The van der Waals surface area contributed by atoms with Crippen LogP contribution in [0.4, 0.5) is 17.1 Å². The number of hydrogen-bond acceptors (Lipinski definition) is 3. The Balaban J connectivity index is 0.961. The third kappa shape index (κ3) is 5.43. The highest BCUT2D eigenvalue weighted by Gasteiger charge is 2.21. The molecule has 11 rings (SSSR count). The number of fused-ring (bicyclic) bond motifs is 7. The monoisotopic (exact) mass is 735 g/mol. The molecule has 258 valence electrons. The van der Waals surface area contributed by atoms with Crippen molar-refractivity contribution in [3.8, 4) is 33.4 Å². The maximum Gasteiger partial charge on any atom is 0.0640 e. The minimum Gasteiger partial charge on any atom is -0.308 e. The zero-order chi connectivity index (χ0) is 36.3. The van der Waals surface area contributed by atoms with Crippen LogP contribution >= 0.6 is 22.7 Å². The van der Waals surface area contributed by atoms with Gasteiger partial charge in [0.1, 0.15) is 0 Å². The van der Waals surface area contributed by atoms with Gasteiger partial charge in [-0.2, -0.15) is 0 Å². The van der Waals surface area contributed by atoms with Crippen molar-refractivity contribution in [2.75, 3.05) is 4.90 Å². The topological polar surface area (TPSA) is 3.24 Å². The van der Waals surface area contributed by atoms with Gasteiger partial charge >= 0.3 is 0 Å². The fourth-order valence-electron chi connectivity index (χ4n) is 8.20. The van der Waals surface area contributed by atoms with E-state index in [1.807, 2.05) is 22.7 Å². The molecule has 0 aliphatic carbocycles. The van der Waals surface area contributed by atoms with Crippen molar-refractivity contribution < 1.29 is 0 Å². The van der Waals surface area contributed by atoms with Crippen molar-refractivity contribution in [3.63, 3.8) is 0 Å². The highest BCUT2D eigenvalue weighted by Crippen LogP contribution is 2.49. The molecule has 0 saturated carbocycles. The van der Waals surface area contributed by atoms with E-state index < -0.39 is 0 Å². The second kappa shape index (κ2) is 13.1. The summed E-state index contributed by atoms with van der Waals surface area (Å²) in [5.74, 6) is 0. The van der Waals surface area contributed by atoms with E-state index in [2.05, 4.69) is 205 Å². The maximum absolute atomic E-state index is 2.48. The number of rotatable bonds is 6. The Hall–Kier alpha value is -6.52. The molecule has 11 aromatic rings. The summed E-state index contributed by atoms with van der Waals surface area (Å²) in [6.45, 7) is 0. The maximum atomic E-state index is 2.48. The smallest absolute Gasteiger partial charge is 0.0640 e. The van der Waals surface area contributed by atoms with Crippen molar-refractivity contribution >= 4 is 90.9 Å². The van der Waals surface area contributed by atoms with Crippen molar-refractivity contribution in [2.45, 2.75) is 0 Å². The fraction of sp³-hybridized carbons (Fsp3) is 0. The average Bonchev–Trinajstić information content (AvgIpc) is 3.84. The van der Waals surface area contributed by atoms with Crippen LogP contribution in [0.25, 0.3) is 84.5 Å². The Morgan fingerprint density at radius 2 is 0.691 bits per heavy atom. The molecule has 0 radical (unpaired) electrons. The van der Waals surface area contributed by atoms with E-state index in [9.17, 15) is 0 Å². The molecule has 2 aromatic heterocycles. The molecule has 2 heterocycles. The molecule has 0 saturated heterocycles. The first-order chi connectivity index (χ1) is 27.3. The van der Waals surface area contributed by atoms with Crippen molar-refractivity contribution in [1.82, 2.24) is 0 Å². The predicted molar refractivity (Wildman–Crippen MR) is 241 cm³/mol. The average molecular weight is 736 g/mol. The van der Waals surface area contributed by atoms with Gasteiger partial charge in [-0.15, -0.1) is 22.7 Å². The molecule has 0 amide bonds. The molecular formula is C52H33NS2. The lowest BCUT2D eigenvalue weighted by molar-refractivity contribution is 1.32. The summed E-state index contributed by atoms with van der Waals surface area (Å²) >= 11 is 3.75. The first-order valence-corrected chi connectivity index (χ1v) is 20.3. The lowest BCUT2D eigenvalue weighted by Crippen LogP contribution is -2.10. The summed E-state index contributed by atoms with van der Waals surface area (Å²) in [5, 5.41) is 7.76. The number of benzene rings is 9. The van der Waals surface area contributed by atoms with E-state index in [1.54, 1.807) is 0 Å². The van der Waals surface area contributed by atoms with Crippen LogP contribution in [0.1, 0.15) is 0 Å². The fourth-order valence-corrected chi connectivity index (χ4v) is 10.6. The van der Waals surface area contributed by atoms with Gasteiger partial charge in [0, 0.05) is 36.6 Å². The van der Waals surface area contributed by atoms with Gasteiger partial charge in [0.2, 0.25) is 0 Å². The van der Waals surface area contributed by atoms with Crippen LogP contribution in [0.2, 0.25) is 0 Å². The Bertz CT molecular complexity index is 3070. The van der Waals surface area contributed by atoms with E-state index in [4.69, 9.17) is 0 Å². The Kier molecular flexibility index (Phi) is 7.61. The van der Waals surface area contributed by atoms with E-state index >= 15 is 0 Å². The van der Waals surface area contributed by atoms with E-state index in [0.717, 1.165) is 5.69 Å². The summed E-state index contributed by atoms with van der Waals surface area (Å²) in [4.78, 5) is 2.48. The highest BCUT2D eigenvalue weighted by molar-refractivity contribution is 7.27. The van der Waals surface area contributed by atoms with E-state index in [1.165, 1.54) is 95.9 Å². The number of nitrogens with zero attached hydrogens (tertiary/aromatic N) is 1. The van der Waals surface area contributed by atoms with E-state index in [0.29, 0.717) is 0 Å². The van der Waals surface area contributed by atoms with Crippen LogP contribution in [0.3, 0.4) is 0 Å². The summed E-state index contributed by atoms with van der Waals surface area (Å²) in [5.41, 5.74) is 10.9. The summed E-state index contributed by atoms with van der Waals surface area (Å²) < 4.78 is 5.22. The predicted octanol–water partition coefficient (Wildman–Crippen LogP) is 16.0. The second-order valence-electron chi connectivity index (χ2n) is 14.1. The van der Waals surface area contributed by atoms with Gasteiger partial charge in [-0.3, -0.25) is 0 Å². The molecule has 0 atom stereocenters. The molecule has 0 bridgehead atoms. The van der Waals surface area contributed by atoms with Crippen LogP contribution in [-0.4, -0.2) is 0 Å². The molecule has 9 aromatic carbocycles. The lowest BCUT2D eigenvalue weighted by atomic mass is 9.95. The lowest BCUT2D eigenvalue weighted by Gasteiger charge is -2.27. The normalized spacial score (nSPS) is 11.6. The number of anilines is 3.